The number of nitrogens with two attached hydrogens (primary N) is 1. The molecule has 0 radical (unpaired) electrons. The first kappa shape index (κ1) is 23.5. The van der Waals surface area contributed by atoms with Crippen LogP contribution in [0.4, 0.5) is 11.6 Å². The molecule has 0 unspecified atom stereocenters. The molecule has 1 aliphatic carbocycles. The summed E-state index contributed by atoms with van der Waals surface area (Å²) in [7, 11) is 0. The van der Waals surface area contributed by atoms with Crippen molar-refractivity contribution in [2.45, 2.75) is 37.6 Å². The van der Waals surface area contributed by atoms with Crippen LogP contribution in [0.2, 0.25) is 0 Å². The number of hydrogen-bond donors (Lipinski definition) is 3. The summed E-state index contributed by atoms with van der Waals surface area (Å²) in [6.07, 6.45) is -1.54. The van der Waals surface area contributed by atoms with E-state index in [1.165, 1.54) is 11.8 Å². The number of pyridine rings is 1. The lowest BCUT2D eigenvalue weighted by atomic mass is 10.1. The maximum Gasteiger partial charge on any atom is 0.303 e. The van der Waals surface area contributed by atoms with Gasteiger partial charge in [-0.25, -0.2) is 9.97 Å². The number of aliphatic hydroxyl groups excluding tert-OH is 1. The van der Waals surface area contributed by atoms with Crippen LogP contribution < -0.4 is 16.2 Å². The zero-order chi connectivity index (χ0) is 25.9. The molecule has 13 heteroatoms. The van der Waals surface area contributed by atoms with Gasteiger partial charge in [0.2, 0.25) is 0 Å². The Morgan fingerprint density at radius 1 is 1.30 bits per heavy atom. The van der Waals surface area contributed by atoms with Crippen LogP contribution in [-0.4, -0.2) is 55.6 Å². The first-order chi connectivity index (χ1) is 17.8. The van der Waals surface area contributed by atoms with Gasteiger partial charge < -0.3 is 25.3 Å². The molecule has 3 aromatic heterocycles. The fourth-order valence-corrected chi connectivity index (χ4v) is 5.48. The molecule has 12 nitrogen and oxygen atoms in total. The molecule has 2 fully saturated rings. The minimum Gasteiger partial charge on any atom is -0.453 e. The predicted molar refractivity (Wildman–Crippen MR) is 134 cm³/mol. The zero-order valence-electron chi connectivity index (χ0n) is 19.6. The molecule has 2 atom stereocenters. The van der Waals surface area contributed by atoms with Gasteiger partial charge in [0.25, 0.3) is 11.5 Å². The number of aromatic nitrogens is 4. The summed E-state index contributed by atoms with van der Waals surface area (Å²) in [6.45, 7) is 1.69. The molecular formula is C24H22N6O6S. The topological polar surface area (TPSA) is 174 Å². The molecule has 190 valence electrons. The average Bonchev–Trinajstić information content (AvgIpc) is 3.56. The monoisotopic (exact) mass is 522 g/mol. The Bertz CT molecular complexity index is 1630. The first-order valence-electron chi connectivity index (χ1n) is 11.6. The van der Waals surface area contributed by atoms with Gasteiger partial charge in [0, 0.05) is 12.3 Å². The summed E-state index contributed by atoms with van der Waals surface area (Å²) in [5, 5.41) is 12.0. The second-order valence-electron chi connectivity index (χ2n) is 9.05. The number of ether oxygens (including phenoxy) is 2. The molecule has 4 N–H and O–H groups in total. The summed E-state index contributed by atoms with van der Waals surface area (Å²) in [6, 6.07) is 8.50. The molecule has 4 heterocycles. The Kier molecular flexibility index (Phi) is 5.44. The van der Waals surface area contributed by atoms with E-state index in [9.17, 15) is 19.5 Å². The van der Waals surface area contributed by atoms with Crippen molar-refractivity contribution in [1.29, 1.82) is 0 Å². The van der Waals surface area contributed by atoms with E-state index in [1.807, 2.05) is 0 Å². The largest absolute Gasteiger partial charge is 0.453 e. The number of nitrogen functional groups attached to an aromatic ring is 1. The maximum atomic E-state index is 13.4. The molecule has 0 bridgehead atoms. The van der Waals surface area contributed by atoms with Crippen molar-refractivity contribution in [2.75, 3.05) is 23.8 Å². The number of aliphatic hydroxyl groups is 1. The number of rotatable bonds is 5. The number of esters is 1. The van der Waals surface area contributed by atoms with Gasteiger partial charge in [-0.05, 0) is 48.6 Å². The Labute approximate surface area is 213 Å². The Morgan fingerprint density at radius 2 is 2.11 bits per heavy atom. The van der Waals surface area contributed by atoms with Crippen molar-refractivity contribution in [3.8, 4) is 0 Å². The van der Waals surface area contributed by atoms with Crippen molar-refractivity contribution in [3.05, 3.63) is 52.2 Å². The van der Waals surface area contributed by atoms with Crippen LogP contribution >= 0.6 is 11.5 Å². The highest BCUT2D eigenvalue weighted by atomic mass is 32.1. The van der Waals surface area contributed by atoms with E-state index in [-0.39, 0.29) is 19.0 Å². The number of aromatic amines is 1. The number of nitrogens with zero attached hydrogens (tertiary/aromatic N) is 4. The van der Waals surface area contributed by atoms with E-state index in [1.54, 1.807) is 30.3 Å². The summed E-state index contributed by atoms with van der Waals surface area (Å²) in [5.41, 5.74) is 5.52. The van der Waals surface area contributed by atoms with E-state index in [4.69, 9.17) is 15.2 Å². The van der Waals surface area contributed by atoms with Crippen LogP contribution in [0.25, 0.3) is 21.0 Å². The second kappa shape index (κ2) is 8.57. The second-order valence-corrected chi connectivity index (χ2v) is 9.82. The average molecular weight is 523 g/mol. The summed E-state index contributed by atoms with van der Waals surface area (Å²) in [5.74, 6) is -0.347. The molecule has 1 aromatic carbocycles. The molecule has 1 saturated heterocycles. The highest BCUT2D eigenvalue weighted by molar-refractivity contribution is 7.14. The summed E-state index contributed by atoms with van der Waals surface area (Å²) >= 11 is 1.09. The zero-order valence-corrected chi connectivity index (χ0v) is 20.4. The van der Waals surface area contributed by atoms with Gasteiger partial charge in [0.1, 0.15) is 23.6 Å². The lowest BCUT2D eigenvalue weighted by Gasteiger charge is -2.33. The van der Waals surface area contributed by atoms with Gasteiger partial charge in [-0.1, -0.05) is 6.07 Å². The molecule has 1 amide bonds. The number of carbonyl (C=O) groups excluding carboxylic acids is 2. The van der Waals surface area contributed by atoms with Gasteiger partial charge in [-0.2, -0.15) is 4.37 Å². The number of hydrogen-bond acceptors (Lipinski definition) is 11. The van der Waals surface area contributed by atoms with Crippen molar-refractivity contribution in [2.24, 2.45) is 0 Å². The highest BCUT2D eigenvalue weighted by Crippen LogP contribution is 2.49. The van der Waals surface area contributed by atoms with Gasteiger partial charge in [0.15, 0.2) is 11.7 Å². The van der Waals surface area contributed by atoms with E-state index in [2.05, 4.69) is 19.3 Å². The molecule has 4 aromatic rings. The molecular weight excluding hydrogens is 500 g/mol. The van der Waals surface area contributed by atoms with Crippen LogP contribution in [0.3, 0.4) is 0 Å². The first-order valence-corrected chi connectivity index (χ1v) is 12.4. The maximum absolute atomic E-state index is 13.4. The van der Waals surface area contributed by atoms with Crippen LogP contribution in [0, 0.1) is 0 Å². The van der Waals surface area contributed by atoms with Gasteiger partial charge in [-0.3, -0.25) is 19.3 Å². The minimum atomic E-state index is -1.53. The van der Waals surface area contributed by atoms with E-state index >= 15 is 0 Å². The lowest BCUT2D eigenvalue weighted by molar-refractivity contribution is -0.149. The molecule has 6 rings (SSSR count). The van der Waals surface area contributed by atoms with E-state index in [0.717, 1.165) is 11.5 Å². The highest BCUT2D eigenvalue weighted by Gasteiger charge is 2.50. The third-order valence-corrected chi connectivity index (χ3v) is 7.46. The number of fused-ring (bicyclic) bond motifs is 3. The smallest absolute Gasteiger partial charge is 0.303 e. The number of carbonyl (C=O) groups is 2. The molecule has 1 aliphatic heterocycles. The van der Waals surface area contributed by atoms with Crippen LogP contribution in [-0.2, 0) is 24.7 Å². The quantitative estimate of drug-likeness (QED) is 0.326. The normalized spacial score (nSPS) is 19.8. The minimum absolute atomic E-state index is 0.0944. The fraction of sp³-hybridized carbons (Fsp3) is 0.333. The summed E-state index contributed by atoms with van der Waals surface area (Å²) in [4.78, 5) is 50.9. The number of morpholine rings is 1. The third-order valence-electron chi connectivity index (χ3n) is 6.57. The summed E-state index contributed by atoms with van der Waals surface area (Å²) < 4.78 is 15.8. The fourth-order valence-electron chi connectivity index (χ4n) is 4.63. The number of anilines is 2. The standard InChI is InChI=1S/C24H22N6O6S/c1-11(31)36-24(7-8-24)14-3-2-4-15(27-14)30-9-10-35-18(23(30)34)17(32)21-26-13-6-5-12-19(37-29-20(12)25)16(13)22(33)28-21/h2-6,17-18,32H,7-10H2,1H3,(H2,25,29)(H,26,28,33)/t17-,18-/m1/s1. The number of benzene rings is 1. The van der Waals surface area contributed by atoms with Crippen LogP contribution in [0.15, 0.2) is 35.1 Å². The third kappa shape index (κ3) is 3.91. The Hall–Kier alpha value is -3.94. The SMILES string of the molecule is CC(=O)OC1(c2cccc(N3CCO[C@H]([C@@H](O)c4nc5ccc6c(N)nsc6c5c(=O)[nH]4)C3=O)n2)CC1. The number of nitrogens with one attached hydrogen (secondary N) is 1. The van der Waals surface area contributed by atoms with Crippen LogP contribution in [0.1, 0.15) is 37.4 Å². The van der Waals surface area contributed by atoms with Gasteiger partial charge in [-0.15, -0.1) is 0 Å². The van der Waals surface area contributed by atoms with Gasteiger partial charge >= 0.3 is 5.97 Å². The van der Waals surface area contributed by atoms with Crippen LogP contribution in [0.5, 0.6) is 0 Å². The molecule has 37 heavy (non-hydrogen) atoms. The van der Waals surface area contributed by atoms with E-state index in [0.29, 0.717) is 51.2 Å². The number of amides is 1. The Balaban J connectivity index is 1.30. The van der Waals surface area contributed by atoms with Crippen molar-refractivity contribution >= 4 is 56.0 Å². The van der Waals surface area contributed by atoms with Crippen molar-refractivity contribution in [3.63, 3.8) is 0 Å². The van der Waals surface area contributed by atoms with E-state index < -0.39 is 35.2 Å². The van der Waals surface area contributed by atoms with Crippen molar-refractivity contribution in [1.82, 2.24) is 19.3 Å². The lowest BCUT2D eigenvalue weighted by Crippen LogP contribution is -2.51. The van der Waals surface area contributed by atoms with Crippen molar-refractivity contribution < 1.29 is 24.2 Å². The number of H-pyrrole nitrogens is 1. The molecule has 1 saturated carbocycles. The van der Waals surface area contributed by atoms with Gasteiger partial charge in [0.05, 0.1) is 34.4 Å². The molecule has 0 spiro atoms. The molecule has 2 aliphatic rings. The Morgan fingerprint density at radius 3 is 2.86 bits per heavy atom. The predicted octanol–water partition coefficient (Wildman–Crippen LogP) is 1.53.